The molecule has 5 rings (SSSR count). The van der Waals surface area contributed by atoms with Crippen LogP contribution in [0.5, 0.6) is 5.75 Å². The van der Waals surface area contributed by atoms with Crippen molar-refractivity contribution in [1.82, 2.24) is 14.5 Å². The maximum absolute atomic E-state index is 14.1. The van der Waals surface area contributed by atoms with Gasteiger partial charge in [0.15, 0.2) is 23.3 Å². The van der Waals surface area contributed by atoms with Crippen molar-refractivity contribution in [3.8, 4) is 11.4 Å². The minimum atomic E-state index is -1.55. The van der Waals surface area contributed by atoms with Crippen molar-refractivity contribution in [1.29, 1.82) is 0 Å². The second-order valence-electron chi connectivity index (χ2n) is 8.68. The van der Waals surface area contributed by atoms with E-state index in [0.29, 0.717) is 22.2 Å². The van der Waals surface area contributed by atoms with E-state index in [9.17, 15) is 18.0 Å². The number of benzene rings is 2. The third-order valence-corrected chi connectivity index (χ3v) is 6.38. The average molecular weight is 528 g/mol. The van der Waals surface area contributed by atoms with Crippen LogP contribution in [0.4, 0.5) is 18.9 Å². The first-order valence-corrected chi connectivity index (χ1v) is 11.8. The number of ether oxygens (including phenoxy) is 1. The molecule has 11 heteroatoms. The van der Waals surface area contributed by atoms with Gasteiger partial charge in [0.2, 0.25) is 5.91 Å². The Kier molecular flexibility index (Phi) is 6.59. The molecule has 1 atom stereocenters. The van der Waals surface area contributed by atoms with Crippen LogP contribution in [0.1, 0.15) is 30.1 Å². The lowest BCUT2D eigenvalue weighted by Crippen LogP contribution is -2.42. The Morgan fingerprint density at radius 3 is 2.59 bits per heavy atom. The molecule has 2 aliphatic rings. The lowest BCUT2D eigenvalue weighted by molar-refractivity contribution is -0.117. The van der Waals surface area contributed by atoms with Gasteiger partial charge in [0.1, 0.15) is 11.5 Å². The van der Waals surface area contributed by atoms with Gasteiger partial charge in [-0.3, -0.25) is 4.79 Å². The molecule has 2 aliphatic heterocycles. The van der Waals surface area contributed by atoms with Crippen LogP contribution in [0.2, 0.25) is 0 Å². The molecule has 0 N–H and O–H groups in total. The van der Waals surface area contributed by atoms with Gasteiger partial charge in [-0.15, -0.1) is 0 Å². The molecule has 0 spiro atoms. The quantitative estimate of drug-likeness (QED) is 0.415. The maximum atomic E-state index is 14.1. The van der Waals surface area contributed by atoms with Crippen LogP contribution in [0, 0.1) is 24.4 Å². The number of aryl methyl sites for hydroxylation is 1. The number of amidine groups is 1. The number of rotatable bonds is 4. The van der Waals surface area contributed by atoms with Crippen LogP contribution in [0.15, 0.2) is 63.9 Å². The summed E-state index contributed by atoms with van der Waals surface area (Å²) in [6, 6.07) is 6.49. The molecule has 1 unspecified atom stereocenters. The van der Waals surface area contributed by atoms with Crippen molar-refractivity contribution in [2.75, 3.05) is 13.7 Å². The third-order valence-electron chi connectivity index (χ3n) is 6.15. The van der Waals surface area contributed by atoms with Crippen molar-refractivity contribution in [3.05, 3.63) is 82.7 Å². The number of methoxy groups -OCH3 is 1. The third kappa shape index (κ3) is 4.89. The van der Waals surface area contributed by atoms with Gasteiger partial charge in [0, 0.05) is 23.7 Å². The molecule has 3 aromatic rings. The molecule has 0 radical (unpaired) electrons. The molecule has 3 heterocycles. The lowest BCUT2D eigenvalue weighted by atomic mass is 9.98. The van der Waals surface area contributed by atoms with Gasteiger partial charge in [-0.05, 0) is 49.2 Å². The molecule has 1 amide bonds. The Labute approximate surface area is 215 Å². The summed E-state index contributed by atoms with van der Waals surface area (Å²) >= 11 is 6.45. The number of hydrogen-bond donors (Lipinski definition) is 0. The largest absolute Gasteiger partial charge is 0.494 e. The van der Waals surface area contributed by atoms with Crippen LogP contribution < -0.4 is 4.74 Å². The average Bonchev–Trinajstić information content (AvgIpc) is 3.22. The van der Waals surface area contributed by atoms with Crippen molar-refractivity contribution >= 4 is 34.7 Å². The van der Waals surface area contributed by atoms with E-state index >= 15 is 0 Å². The van der Waals surface area contributed by atoms with Crippen LogP contribution in [0.25, 0.3) is 5.69 Å². The van der Waals surface area contributed by atoms with Gasteiger partial charge in [-0.1, -0.05) is 11.6 Å². The van der Waals surface area contributed by atoms with Crippen LogP contribution in [-0.4, -0.2) is 45.6 Å². The van der Waals surface area contributed by atoms with E-state index in [-0.39, 0.29) is 30.8 Å². The lowest BCUT2D eigenvalue weighted by Gasteiger charge is -2.35. The van der Waals surface area contributed by atoms with E-state index in [1.54, 1.807) is 29.4 Å². The zero-order valence-electron chi connectivity index (χ0n) is 19.9. The number of carbonyl (C=O) groups is 1. The van der Waals surface area contributed by atoms with Gasteiger partial charge in [0.25, 0.3) is 0 Å². The highest BCUT2D eigenvalue weighted by Gasteiger charge is 2.34. The molecule has 37 heavy (non-hydrogen) atoms. The van der Waals surface area contributed by atoms with E-state index in [1.165, 1.54) is 7.11 Å². The summed E-state index contributed by atoms with van der Waals surface area (Å²) in [7, 11) is 1.54. The first-order valence-electron chi connectivity index (χ1n) is 11.4. The molecule has 0 saturated carbocycles. The summed E-state index contributed by atoms with van der Waals surface area (Å²) in [6.45, 7) is 2.02. The fourth-order valence-corrected chi connectivity index (χ4v) is 4.68. The Morgan fingerprint density at radius 1 is 1.16 bits per heavy atom. The predicted molar refractivity (Wildman–Crippen MR) is 133 cm³/mol. The molecule has 190 valence electrons. The number of carbonyl (C=O) groups excluding carboxylic acids is 1. The Bertz CT molecular complexity index is 1470. The summed E-state index contributed by atoms with van der Waals surface area (Å²) in [5, 5.41) is 0.387. The van der Waals surface area contributed by atoms with Crippen molar-refractivity contribution in [2.45, 2.75) is 25.8 Å². The maximum Gasteiger partial charge on any atom is 0.247 e. The Balaban J connectivity index is 1.56. The molecule has 2 aromatic carbocycles. The number of imidazole rings is 1. The van der Waals surface area contributed by atoms with Gasteiger partial charge in [-0.2, -0.15) is 4.99 Å². The summed E-state index contributed by atoms with van der Waals surface area (Å²) in [4.78, 5) is 27.3. The highest BCUT2D eigenvalue weighted by atomic mass is 35.5. The molecule has 0 aliphatic carbocycles. The number of nitrogens with zero attached hydrogens (tertiary/aromatic N) is 5. The van der Waals surface area contributed by atoms with Crippen LogP contribution in [-0.2, 0) is 4.79 Å². The van der Waals surface area contributed by atoms with Crippen LogP contribution >= 0.6 is 11.6 Å². The number of aliphatic imine (C=N–C) groups is 2. The topological polar surface area (TPSA) is 72.1 Å². The molecule has 1 aromatic heterocycles. The van der Waals surface area contributed by atoms with E-state index in [0.717, 1.165) is 23.5 Å². The highest BCUT2D eigenvalue weighted by molar-refractivity contribution is 6.50. The molecule has 0 saturated heterocycles. The van der Waals surface area contributed by atoms with Crippen molar-refractivity contribution in [3.63, 3.8) is 0 Å². The Morgan fingerprint density at radius 2 is 1.92 bits per heavy atom. The van der Waals surface area contributed by atoms with Crippen molar-refractivity contribution in [2.24, 2.45) is 9.98 Å². The van der Waals surface area contributed by atoms with Gasteiger partial charge in [0.05, 0.1) is 43.1 Å². The minimum Gasteiger partial charge on any atom is -0.494 e. The summed E-state index contributed by atoms with van der Waals surface area (Å²) in [5.41, 5.74) is 2.58. The molecule has 0 bridgehead atoms. The predicted octanol–water partition coefficient (Wildman–Crippen LogP) is 5.58. The fraction of sp³-hybridized carbons (Fsp3) is 0.231. The number of halogens is 4. The molecular weight excluding hydrogens is 507 g/mol. The summed E-state index contributed by atoms with van der Waals surface area (Å²) in [6.07, 6.45) is 5.37. The van der Waals surface area contributed by atoms with E-state index in [4.69, 9.17) is 16.3 Å². The Hall–Kier alpha value is -3.92. The first kappa shape index (κ1) is 24.8. The first-order chi connectivity index (χ1) is 17.7. The minimum absolute atomic E-state index is 0.0308. The standard InChI is InChI=1S/C26H21ClF3N5O2/c1-14-11-34(13-31-14)22-4-3-17(10-23(22)37-2)32-20-9-16(27)12-35-21(5-6-24(36)33-26(20)35)15-7-18(28)25(30)19(29)8-15/h3-4,7-11,13,21H,5-6,12H2,1-2H3. The second-order valence-corrected chi connectivity index (χ2v) is 9.16. The van der Waals surface area contributed by atoms with Gasteiger partial charge < -0.3 is 14.2 Å². The summed E-state index contributed by atoms with van der Waals surface area (Å²) < 4.78 is 49.1. The van der Waals surface area contributed by atoms with Crippen molar-refractivity contribution < 1.29 is 22.7 Å². The van der Waals surface area contributed by atoms with Gasteiger partial charge in [-0.25, -0.2) is 23.1 Å². The number of hydrogen-bond acceptors (Lipinski definition) is 5. The molecule has 0 fully saturated rings. The van der Waals surface area contributed by atoms with E-state index in [2.05, 4.69) is 15.0 Å². The number of aromatic nitrogens is 2. The number of amides is 1. The van der Waals surface area contributed by atoms with E-state index in [1.807, 2.05) is 23.8 Å². The normalized spacial score (nSPS) is 18.9. The fourth-order valence-electron chi connectivity index (χ4n) is 4.45. The molecular formula is C26H21ClF3N5O2. The smallest absolute Gasteiger partial charge is 0.247 e. The SMILES string of the molecule is COc1cc(N=C2C=C(Cl)CN3C2=NC(=O)CCC3c2cc(F)c(F)c(F)c2)ccc1-n1cnc(C)c1. The van der Waals surface area contributed by atoms with Gasteiger partial charge >= 0.3 is 0 Å². The van der Waals surface area contributed by atoms with E-state index < -0.39 is 29.4 Å². The highest BCUT2D eigenvalue weighted by Crippen LogP contribution is 2.35. The zero-order chi connectivity index (χ0) is 26.3. The zero-order valence-corrected chi connectivity index (χ0v) is 20.6. The summed E-state index contributed by atoms with van der Waals surface area (Å²) in [5.74, 6) is -3.82. The number of fused-ring (bicyclic) bond motifs is 1. The van der Waals surface area contributed by atoms with Crippen LogP contribution in [0.3, 0.4) is 0 Å². The monoisotopic (exact) mass is 527 g/mol. The molecule has 7 nitrogen and oxygen atoms in total. The second kappa shape index (κ2) is 9.85.